The van der Waals surface area contributed by atoms with Crippen LogP contribution in [0.1, 0.15) is 18.7 Å². The van der Waals surface area contributed by atoms with Crippen LogP contribution in [0.2, 0.25) is 5.02 Å². The average Bonchev–Trinajstić information content (AvgIpc) is 2.78. The second kappa shape index (κ2) is 4.91. The average molecular weight is 254 g/mol. The highest BCUT2D eigenvalue weighted by molar-refractivity contribution is 7.13. The van der Waals surface area contributed by atoms with Crippen molar-refractivity contribution in [2.45, 2.75) is 13.0 Å². The monoisotopic (exact) mass is 253 g/mol. The van der Waals surface area contributed by atoms with Crippen LogP contribution in [0, 0.1) is 0 Å². The lowest BCUT2D eigenvalue weighted by Crippen LogP contribution is -2.12. The summed E-state index contributed by atoms with van der Waals surface area (Å²) in [4.78, 5) is 8.76. The van der Waals surface area contributed by atoms with E-state index >= 15 is 0 Å². The summed E-state index contributed by atoms with van der Waals surface area (Å²) in [5.74, 6) is 0. The summed E-state index contributed by atoms with van der Waals surface area (Å²) < 4.78 is 0. The second-order valence-electron chi connectivity index (χ2n) is 3.42. The summed E-state index contributed by atoms with van der Waals surface area (Å²) in [5.41, 5.74) is 1.77. The van der Waals surface area contributed by atoms with Gasteiger partial charge in [0.2, 0.25) is 0 Å². The Morgan fingerprint density at radius 3 is 3.00 bits per heavy atom. The molecule has 1 unspecified atom stereocenters. The Hall–Kier alpha value is -0.970. The van der Waals surface area contributed by atoms with Crippen LogP contribution in [0.3, 0.4) is 0 Å². The van der Waals surface area contributed by atoms with Crippen LogP contribution in [-0.4, -0.2) is 17.0 Å². The van der Waals surface area contributed by atoms with E-state index in [-0.39, 0.29) is 6.04 Å². The largest absolute Gasteiger partial charge is 0.312 e. The smallest absolute Gasteiger partial charge is 0.143 e. The Labute approximate surface area is 104 Å². The van der Waals surface area contributed by atoms with Crippen LogP contribution < -0.4 is 5.32 Å². The van der Waals surface area contributed by atoms with Crippen molar-refractivity contribution in [3.63, 3.8) is 0 Å². The fourth-order valence-electron chi connectivity index (χ4n) is 1.28. The van der Waals surface area contributed by atoms with Crippen molar-refractivity contribution in [3.05, 3.63) is 34.4 Å². The molecule has 2 rings (SSSR count). The molecule has 0 bridgehead atoms. The molecule has 84 valence electrons. The molecular weight excluding hydrogens is 242 g/mol. The normalized spacial score (nSPS) is 12.7. The third kappa shape index (κ3) is 2.24. The summed E-state index contributed by atoms with van der Waals surface area (Å²) >= 11 is 7.63. The van der Waals surface area contributed by atoms with Gasteiger partial charge in [-0.2, -0.15) is 0 Å². The zero-order valence-electron chi connectivity index (χ0n) is 9.07. The molecule has 0 spiro atoms. The summed E-state index contributed by atoms with van der Waals surface area (Å²) in [6.07, 6.45) is 1.73. The van der Waals surface area contributed by atoms with Crippen LogP contribution >= 0.6 is 22.9 Å². The van der Waals surface area contributed by atoms with E-state index in [0.717, 1.165) is 16.4 Å². The van der Waals surface area contributed by atoms with Gasteiger partial charge in [0.05, 0.1) is 10.7 Å². The van der Waals surface area contributed by atoms with Crippen molar-refractivity contribution in [1.82, 2.24) is 15.3 Å². The number of thiazole rings is 1. The maximum atomic E-state index is 6.07. The number of rotatable bonds is 3. The first-order valence-electron chi connectivity index (χ1n) is 4.96. The van der Waals surface area contributed by atoms with Gasteiger partial charge < -0.3 is 5.32 Å². The molecule has 16 heavy (non-hydrogen) atoms. The first-order valence-corrected chi connectivity index (χ1v) is 6.21. The lowest BCUT2D eigenvalue weighted by atomic mass is 10.3. The van der Waals surface area contributed by atoms with Crippen LogP contribution in [-0.2, 0) is 0 Å². The molecule has 1 atom stereocenters. The van der Waals surface area contributed by atoms with E-state index in [1.165, 1.54) is 0 Å². The molecule has 1 N–H and O–H groups in total. The van der Waals surface area contributed by atoms with Gasteiger partial charge in [-0.25, -0.2) is 4.98 Å². The SMILES string of the molecule is CNC(C)c1csc(-c2ncccc2Cl)n1. The van der Waals surface area contributed by atoms with E-state index in [9.17, 15) is 0 Å². The minimum absolute atomic E-state index is 0.243. The molecule has 0 amide bonds. The van der Waals surface area contributed by atoms with Crippen LogP contribution in [0.25, 0.3) is 10.7 Å². The van der Waals surface area contributed by atoms with Gasteiger partial charge in [0.15, 0.2) is 0 Å². The molecule has 2 aromatic heterocycles. The van der Waals surface area contributed by atoms with Crippen molar-refractivity contribution < 1.29 is 0 Å². The topological polar surface area (TPSA) is 37.8 Å². The predicted molar refractivity (Wildman–Crippen MR) is 67.8 cm³/mol. The molecule has 0 aliphatic heterocycles. The second-order valence-corrected chi connectivity index (χ2v) is 4.69. The Bertz CT molecular complexity index is 484. The van der Waals surface area contributed by atoms with Gasteiger partial charge in [0.1, 0.15) is 10.7 Å². The third-order valence-corrected chi connectivity index (χ3v) is 3.53. The Morgan fingerprint density at radius 2 is 2.31 bits per heavy atom. The van der Waals surface area contributed by atoms with Crippen molar-refractivity contribution in [2.75, 3.05) is 7.05 Å². The van der Waals surface area contributed by atoms with Gasteiger partial charge >= 0.3 is 0 Å². The standard InChI is InChI=1S/C11H12ClN3S/c1-7(13-2)9-6-16-11(15-9)10-8(12)4-3-5-14-10/h3-7,13H,1-2H3. The number of hydrogen-bond donors (Lipinski definition) is 1. The summed E-state index contributed by atoms with van der Waals surface area (Å²) in [5, 5.41) is 6.68. The quantitative estimate of drug-likeness (QED) is 0.913. The molecule has 0 aliphatic carbocycles. The maximum absolute atomic E-state index is 6.07. The zero-order chi connectivity index (χ0) is 11.5. The van der Waals surface area contributed by atoms with E-state index < -0.39 is 0 Å². The van der Waals surface area contributed by atoms with E-state index in [4.69, 9.17) is 11.6 Å². The molecule has 0 aliphatic rings. The van der Waals surface area contributed by atoms with Gasteiger partial charge in [-0.1, -0.05) is 11.6 Å². The minimum Gasteiger partial charge on any atom is -0.312 e. The molecule has 2 aromatic rings. The van der Waals surface area contributed by atoms with E-state index in [0.29, 0.717) is 5.02 Å². The molecule has 5 heteroatoms. The zero-order valence-corrected chi connectivity index (χ0v) is 10.6. The highest BCUT2D eigenvalue weighted by atomic mass is 35.5. The lowest BCUT2D eigenvalue weighted by molar-refractivity contribution is 0.637. The Morgan fingerprint density at radius 1 is 1.50 bits per heavy atom. The first kappa shape index (κ1) is 11.5. The third-order valence-electron chi connectivity index (χ3n) is 2.36. The lowest BCUT2D eigenvalue weighted by Gasteiger charge is -2.05. The van der Waals surface area contributed by atoms with Crippen molar-refractivity contribution >= 4 is 22.9 Å². The van der Waals surface area contributed by atoms with E-state index in [1.807, 2.05) is 24.6 Å². The van der Waals surface area contributed by atoms with Gasteiger partial charge in [0.25, 0.3) is 0 Å². The minimum atomic E-state index is 0.243. The summed E-state index contributed by atoms with van der Waals surface area (Å²) in [6.45, 7) is 2.07. The fraction of sp³-hybridized carbons (Fsp3) is 0.273. The van der Waals surface area contributed by atoms with Gasteiger partial charge in [-0.3, -0.25) is 4.98 Å². The van der Waals surface area contributed by atoms with E-state index in [2.05, 4.69) is 22.2 Å². The Kier molecular flexibility index (Phi) is 3.53. The number of nitrogens with one attached hydrogen (secondary N) is 1. The number of halogens is 1. The van der Waals surface area contributed by atoms with Crippen molar-refractivity contribution in [1.29, 1.82) is 0 Å². The predicted octanol–water partition coefficient (Wildman–Crippen LogP) is 3.14. The summed E-state index contributed by atoms with van der Waals surface area (Å²) in [6, 6.07) is 3.88. The molecule has 0 aromatic carbocycles. The number of pyridine rings is 1. The molecule has 0 fully saturated rings. The van der Waals surface area contributed by atoms with Gasteiger partial charge in [-0.15, -0.1) is 11.3 Å². The van der Waals surface area contributed by atoms with E-state index in [1.54, 1.807) is 17.5 Å². The number of hydrogen-bond acceptors (Lipinski definition) is 4. The molecule has 2 heterocycles. The maximum Gasteiger partial charge on any atom is 0.143 e. The molecule has 0 saturated carbocycles. The van der Waals surface area contributed by atoms with Gasteiger partial charge in [-0.05, 0) is 26.1 Å². The molecular formula is C11H12ClN3S. The first-order chi connectivity index (χ1) is 7.72. The van der Waals surface area contributed by atoms with Gasteiger partial charge in [0, 0.05) is 17.6 Å². The van der Waals surface area contributed by atoms with Crippen molar-refractivity contribution in [2.24, 2.45) is 0 Å². The fourth-order valence-corrected chi connectivity index (χ4v) is 2.47. The Balaban J connectivity index is 2.35. The van der Waals surface area contributed by atoms with Crippen molar-refractivity contribution in [3.8, 4) is 10.7 Å². The molecule has 0 radical (unpaired) electrons. The summed E-state index contributed by atoms with van der Waals surface area (Å²) in [7, 11) is 1.91. The highest BCUT2D eigenvalue weighted by Gasteiger charge is 2.12. The van der Waals surface area contributed by atoms with Crippen LogP contribution in [0.4, 0.5) is 0 Å². The van der Waals surface area contributed by atoms with Crippen LogP contribution in [0.15, 0.2) is 23.7 Å². The number of nitrogens with zero attached hydrogens (tertiary/aromatic N) is 2. The molecule has 3 nitrogen and oxygen atoms in total. The number of aromatic nitrogens is 2. The molecule has 0 saturated heterocycles. The highest BCUT2D eigenvalue weighted by Crippen LogP contribution is 2.29. The van der Waals surface area contributed by atoms with Crippen LogP contribution in [0.5, 0.6) is 0 Å².